The third kappa shape index (κ3) is 1.76. The standard InChI is InChI=1S/C9H10Cl2S2Si/c1-14(2,3)8-7-5(12-9(8)11)4-6(10)13-7/h4H,1-3H3. The minimum absolute atomic E-state index is 0.863. The van der Waals surface area contributed by atoms with E-state index in [1.807, 2.05) is 6.07 Å². The molecule has 2 aromatic heterocycles. The molecule has 14 heavy (non-hydrogen) atoms. The Bertz CT molecular complexity index is 479. The van der Waals surface area contributed by atoms with Gasteiger partial charge >= 0.3 is 0 Å². The van der Waals surface area contributed by atoms with Gasteiger partial charge < -0.3 is 0 Å². The summed E-state index contributed by atoms with van der Waals surface area (Å²) in [6.07, 6.45) is 0. The van der Waals surface area contributed by atoms with Gasteiger partial charge in [-0.1, -0.05) is 42.8 Å². The van der Waals surface area contributed by atoms with Crippen LogP contribution in [0.5, 0.6) is 0 Å². The highest BCUT2D eigenvalue weighted by molar-refractivity contribution is 7.34. The van der Waals surface area contributed by atoms with E-state index in [-0.39, 0.29) is 0 Å². The molecule has 2 heterocycles. The minimum atomic E-state index is -1.35. The third-order valence-corrected chi connectivity index (χ3v) is 7.32. The summed E-state index contributed by atoms with van der Waals surface area (Å²) in [6, 6.07) is 2.02. The predicted octanol–water partition coefficient (Wildman–Crippen LogP) is 4.81. The van der Waals surface area contributed by atoms with Crippen LogP contribution in [0.25, 0.3) is 9.40 Å². The molecule has 0 aliphatic heterocycles. The second kappa shape index (κ2) is 3.49. The molecule has 0 spiro atoms. The summed E-state index contributed by atoms with van der Waals surface area (Å²) in [5, 5.41) is 1.37. The highest BCUT2D eigenvalue weighted by Gasteiger charge is 2.26. The molecule has 0 fully saturated rings. The van der Waals surface area contributed by atoms with Crippen molar-refractivity contribution in [2.45, 2.75) is 19.6 Å². The van der Waals surface area contributed by atoms with Gasteiger partial charge in [0, 0.05) is 9.40 Å². The van der Waals surface area contributed by atoms with Gasteiger partial charge in [0.05, 0.1) is 16.7 Å². The van der Waals surface area contributed by atoms with E-state index in [0.717, 1.165) is 8.67 Å². The highest BCUT2D eigenvalue weighted by atomic mass is 35.5. The smallest absolute Gasteiger partial charge is 0.0949 e. The van der Waals surface area contributed by atoms with Gasteiger partial charge in [0.15, 0.2) is 0 Å². The summed E-state index contributed by atoms with van der Waals surface area (Å²) < 4.78 is 4.37. The van der Waals surface area contributed by atoms with Gasteiger partial charge in [-0.2, -0.15) is 0 Å². The van der Waals surface area contributed by atoms with E-state index >= 15 is 0 Å². The van der Waals surface area contributed by atoms with Gasteiger partial charge in [-0.25, -0.2) is 0 Å². The van der Waals surface area contributed by atoms with Gasteiger partial charge in [0.25, 0.3) is 0 Å². The largest absolute Gasteiger partial charge is 0.122 e. The zero-order valence-electron chi connectivity index (χ0n) is 8.15. The van der Waals surface area contributed by atoms with Crippen LogP contribution in [0.3, 0.4) is 0 Å². The Morgan fingerprint density at radius 1 is 1.14 bits per heavy atom. The Hall–Kier alpha value is 0.457. The summed E-state index contributed by atoms with van der Waals surface area (Å²) >= 11 is 15.6. The number of hydrogen-bond donors (Lipinski definition) is 0. The van der Waals surface area contributed by atoms with Crippen molar-refractivity contribution in [1.82, 2.24) is 0 Å². The first kappa shape index (κ1) is 11.0. The van der Waals surface area contributed by atoms with Crippen LogP contribution in [-0.4, -0.2) is 8.07 Å². The quantitative estimate of drug-likeness (QED) is 0.658. The van der Waals surface area contributed by atoms with Gasteiger partial charge in [-0.05, 0) is 11.3 Å². The van der Waals surface area contributed by atoms with Crippen molar-refractivity contribution < 1.29 is 0 Å². The first-order chi connectivity index (χ1) is 6.39. The van der Waals surface area contributed by atoms with Gasteiger partial charge in [0.2, 0.25) is 0 Å². The van der Waals surface area contributed by atoms with Crippen LogP contribution in [0.2, 0.25) is 28.3 Å². The summed E-state index contributed by atoms with van der Waals surface area (Å²) in [5.74, 6) is 0. The molecule has 5 heteroatoms. The Morgan fingerprint density at radius 3 is 2.36 bits per heavy atom. The fourth-order valence-corrected chi connectivity index (χ4v) is 8.66. The Kier molecular flexibility index (Phi) is 2.73. The lowest BCUT2D eigenvalue weighted by Crippen LogP contribution is -2.37. The maximum atomic E-state index is 6.26. The van der Waals surface area contributed by atoms with E-state index in [4.69, 9.17) is 23.2 Å². The molecule has 0 aliphatic carbocycles. The maximum Gasteiger partial charge on any atom is 0.0949 e. The molecule has 2 aromatic rings. The first-order valence-electron chi connectivity index (χ1n) is 4.27. The van der Waals surface area contributed by atoms with E-state index in [0.29, 0.717) is 0 Å². The van der Waals surface area contributed by atoms with Crippen LogP contribution in [0.4, 0.5) is 0 Å². The monoisotopic (exact) mass is 280 g/mol. The zero-order valence-corrected chi connectivity index (χ0v) is 12.3. The van der Waals surface area contributed by atoms with Crippen molar-refractivity contribution in [1.29, 1.82) is 0 Å². The third-order valence-electron chi connectivity index (χ3n) is 2.04. The van der Waals surface area contributed by atoms with Gasteiger partial charge in [0.1, 0.15) is 0 Å². The van der Waals surface area contributed by atoms with E-state index in [1.165, 1.54) is 14.6 Å². The molecule has 76 valence electrons. The van der Waals surface area contributed by atoms with Gasteiger partial charge in [-0.3, -0.25) is 0 Å². The molecule has 0 unspecified atom stereocenters. The van der Waals surface area contributed by atoms with Crippen LogP contribution in [-0.2, 0) is 0 Å². The molecule has 0 saturated carbocycles. The predicted molar refractivity (Wildman–Crippen MR) is 72.7 cm³/mol. The van der Waals surface area contributed by atoms with E-state index in [1.54, 1.807) is 22.7 Å². The molecule has 0 nitrogen and oxygen atoms in total. The lowest BCUT2D eigenvalue weighted by molar-refractivity contribution is 1.79. The lowest BCUT2D eigenvalue weighted by atomic mass is 10.5. The second-order valence-corrected chi connectivity index (χ2v) is 12.6. The van der Waals surface area contributed by atoms with Crippen molar-refractivity contribution >= 4 is 68.5 Å². The average Bonchev–Trinajstić information content (AvgIpc) is 2.38. The fraction of sp³-hybridized carbons (Fsp3) is 0.333. The summed E-state index contributed by atoms with van der Waals surface area (Å²) in [7, 11) is -1.35. The molecule has 0 atom stereocenters. The van der Waals surface area contributed by atoms with Crippen molar-refractivity contribution in [3.05, 3.63) is 14.7 Å². The molecule has 0 N–H and O–H groups in total. The van der Waals surface area contributed by atoms with E-state index in [9.17, 15) is 0 Å². The summed E-state index contributed by atoms with van der Waals surface area (Å²) in [6.45, 7) is 6.94. The minimum Gasteiger partial charge on any atom is -0.122 e. The second-order valence-electron chi connectivity index (χ2n) is 4.24. The topological polar surface area (TPSA) is 0 Å². The first-order valence-corrected chi connectivity index (χ1v) is 10.2. The Balaban J connectivity index is 2.78. The molecule has 2 rings (SSSR count). The molecule has 0 aliphatic rings. The van der Waals surface area contributed by atoms with Crippen LogP contribution in [0.1, 0.15) is 0 Å². The molecule has 0 radical (unpaired) electrons. The molecule has 0 aromatic carbocycles. The van der Waals surface area contributed by atoms with Crippen LogP contribution in [0, 0.1) is 0 Å². The number of rotatable bonds is 1. The number of fused-ring (bicyclic) bond motifs is 1. The summed E-state index contributed by atoms with van der Waals surface area (Å²) in [5.41, 5.74) is 0. The molecular weight excluding hydrogens is 271 g/mol. The van der Waals surface area contributed by atoms with Crippen molar-refractivity contribution in [2.75, 3.05) is 0 Å². The van der Waals surface area contributed by atoms with Crippen LogP contribution >= 0.6 is 45.9 Å². The van der Waals surface area contributed by atoms with Crippen LogP contribution in [0.15, 0.2) is 6.07 Å². The van der Waals surface area contributed by atoms with Gasteiger partial charge in [-0.15, -0.1) is 22.7 Å². The maximum absolute atomic E-state index is 6.26. The highest BCUT2D eigenvalue weighted by Crippen LogP contribution is 2.37. The number of halogens is 2. The van der Waals surface area contributed by atoms with Crippen molar-refractivity contribution in [2.24, 2.45) is 0 Å². The lowest BCUT2D eigenvalue weighted by Gasteiger charge is -2.14. The van der Waals surface area contributed by atoms with Crippen molar-refractivity contribution in [3.63, 3.8) is 0 Å². The van der Waals surface area contributed by atoms with Crippen molar-refractivity contribution in [3.8, 4) is 0 Å². The molecule has 0 saturated heterocycles. The fourth-order valence-electron chi connectivity index (χ4n) is 1.47. The Labute approximate surface area is 102 Å². The van der Waals surface area contributed by atoms with E-state index < -0.39 is 8.07 Å². The molecular formula is C9H10Cl2S2Si. The SMILES string of the molecule is C[Si](C)(C)c1c(Cl)sc2cc(Cl)sc12. The van der Waals surface area contributed by atoms with Crippen LogP contribution < -0.4 is 5.19 Å². The molecule has 0 bridgehead atoms. The zero-order chi connectivity index (χ0) is 10.5. The number of hydrogen-bond acceptors (Lipinski definition) is 2. The normalized spacial score (nSPS) is 12.6. The Morgan fingerprint density at radius 2 is 1.79 bits per heavy atom. The molecule has 0 amide bonds. The summed E-state index contributed by atoms with van der Waals surface area (Å²) in [4.78, 5) is 0. The van der Waals surface area contributed by atoms with E-state index in [2.05, 4.69) is 19.6 Å². The average molecular weight is 281 g/mol. The number of thiophene rings is 2.